The van der Waals surface area contributed by atoms with E-state index in [1.165, 1.54) is 11.8 Å². The summed E-state index contributed by atoms with van der Waals surface area (Å²) in [6.45, 7) is 3.46. The van der Waals surface area contributed by atoms with E-state index < -0.39 is 0 Å². The van der Waals surface area contributed by atoms with Gasteiger partial charge < -0.3 is 10.2 Å². The van der Waals surface area contributed by atoms with Gasteiger partial charge in [0.2, 0.25) is 11.8 Å². The number of carbonyl (C=O) groups is 2. The van der Waals surface area contributed by atoms with Gasteiger partial charge in [0.1, 0.15) is 6.54 Å². The van der Waals surface area contributed by atoms with Crippen LogP contribution in [0.3, 0.4) is 0 Å². The third kappa shape index (κ3) is 4.42. The molecule has 0 aliphatic carbocycles. The number of halogens is 1. The van der Waals surface area contributed by atoms with Gasteiger partial charge in [-0.05, 0) is 46.1 Å². The first-order valence-electron chi connectivity index (χ1n) is 7.43. The Balaban J connectivity index is 2.16. The Kier molecular flexibility index (Phi) is 5.93. The second-order valence-electron chi connectivity index (χ2n) is 5.12. The average Bonchev–Trinajstić information content (AvgIpc) is 2.53. The summed E-state index contributed by atoms with van der Waals surface area (Å²) in [5.41, 5.74) is 2.53. The van der Waals surface area contributed by atoms with Gasteiger partial charge in [0, 0.05) is 17.1 Å². The molecule has 0 bridgehead atoms. The van der Waals surface area contributed by atoms with Crippen molar-refractivity contribution in [2.24, 2.45) is 0 Å². The topological polar surface area (TPSA) is 49.4 Å². The molecule has 0 unspecified atom stereocenters. The van der Waals surface area contributed by atoms with Crippen LogP contribution in [0.15, 0.2) is 53.0 Å². The summed E-state index contributed by atoms with van der Waals surface area (Å²) in [6, 6.07) is 15.0. The molecule has 1 N–H and O–H groups in total. The van der Waals surface area contributed by atoms with Crippen LogP contribution in [-0.4, -0.2) is 18.4 Å². The third-order valence-electron chi connectivity index (χ3n) is 3.50. The van der Waals surface area contributed by atoms with Crippen molar-refractivity contribution in [1.29, 1.82) is 0 Å². The normalized spacial score (nSPS) is 10.2. The highest BCUT2D eigenvalue weighted by Gasteiger charge is 2.18. The summed E-state index contributed by atoms with van der Waals surface area (Å²) in [7, 11) is 0. The molecule has 2 amide bonds. The van der Waals surface area contributed by atoms with Crippen LogP contribution in [0.25, 0.3) is 0 Å². The molecular formula is C18H19BrN2O2. The largest absolute Gasteiger partial charge is 0.324 e. The standard InChI is InChI=1S/C18H19BrN2O2/c1-3-14-8-4-6-10-16(14)20-18(23)12-21(13(2)22)17-11-7-5-9-15(17)19/h4-11H,3,12H2,1-2H3,(H,20,23). The molecule has 2 aromatic carbocycles. The minimum absolute atomic E-state index is 0.0318. The quantitative estimate of drug-likeness (QED) is 0.859. The molecule has 23 heavy (non-hydrogen) atoms. The fourth-order valence-corrected chi connectivity index (χ4v) is 2.82. The Bertz CT molecular complexity index is 716. The molecule has 0 heterocycles. The number of amides is 2. The van der Waals surface area contributed by atoms with Crippen LogP contribution in [0.2, 0.25) is 0 Å². The molecule has 120 valence electrons. The van der Waals surface area contributed by atoms with E-state index in [9.17, 15) is 9.59 Å². The fraction of sp³-hybridized carbons (Fsp3) is 0.222. The monoisotopic (exact) mass is 374 g/mol. The summed E-state index contributed by atoms with van der Waals surface area (Å²) < 4.78 is 0.775. The minimum Gasteiger partial charge on any atom is -0.324 e. The van der Waals surface area contributed by atoms with Gasteiger partial charge in [-0.2, -0.15) is 0 Å². The Morgan fingerprint density at radius 1 is 1.09 bits per heavy atom. The Morgan fingerprint density at radius 3 is 2.39 bits per heavy atom. The van der Waals surface area contributed by atoms with Crippen molar-refractivity contribution in [1.82, 2.24) is 0 Å². The first kappa shape index (κ1) is 17.2. The zero-order chi connectivity index (χ0) is 16.8. The maximum absolute atomic E-state index is 12.4. The van der Waals surface area contributed by atoms with Crippen LogP contribution in [-0.2, 0) is 16.0 Å². The lowest BCUT2D eigenvalue weighted by Crippen LogP contribution is -2.37. The van der Waals surface area contributed by atoms with E-state index in [1.54, 1.807) is 6.07 Å². The average molecular weight is 375 g/mol. The van der Waals surface area contributed by atoms with E-state index in [-0.39, 0.29) is 18.4 Å². The molecule has 0 spiro atoms. The second-order valence-corrected chi connectivity index (χ2v) is 5.97. The van der Waals surface area contributed by atoms with E-state index in [4.69, 9.17) is 0 Å². The predicted octanol–water partition coefficient (Wildman–Crippen LogP) is 4.00. The molecule has 2 aromatic rings. The highest BCUT2D eigenvalue weighted by Crippen LogP contribution is 2.26. The summed E-state index contributed by atoms with van der Waals surface area (Å²) in [6.07, 6.45) is 0.830. The molecule has 0 atom stereocenters. The number of hydrogen-bond donors (Lipinski definition) is 1. The number of benzene rings is 2. The molecule has 0 fully saturated rings. The fourth-order valence-electron chi connectivity index (χ4n) is 2.32. The van der Waals surface area contributed by atoms with Crippen molar-refractivity contribution in [2.75, 3.05) is 16.8 Å². The highest BCUT2D eigenvalue weighted by atomic mass is 79.9. The van der Waals surface area contributed by atoms with Gasteiger partial charge in [-0.3, -0.25) is 9.59 Å². The Labute approximate surface area is 144 Å². The van der Waals surface area contributed by atoms with Crippen LogP contribution >= 0.6 is 15.9 Å². The van der Waals surface area contributed by atoms with Crippen molar-refractivity contribution in [3.05, 3.63) is 58.6 Å². The van der Waals surface area contributed by atoms with E-state index in [1.807, 2.05) is 49.4 Å². The lowest BCUT2D eigenvalue weighted by atomic mass is 10.1. The van der Waals surface area contributed by atoms with Gasteiger partial charge in [-0.1, -0.05) is 37.3 Å². The molecular weight excluding hydrogens is 356 g/mol. The van der Waals surface area contributed by atoms with Crippen molar-refractivity contribution in [3.8, 4) is 0 Å². The zero-order valence-electron chi connectivity index (χ0n) is 13.2. The number of nitrogens with one attached hydrogen (secondary N) is 1. The molecule has 0 aliphatic rings. The number of rotatable bonds is 5. The molecule has 5 heteroatoms. The Morgan fingerprint density at radius 2 is 1.74 bits per heavy atom. The van der Waals surface area contributed by atoms with Crippen LogP contribution in [0, 0.1) is 0 Å². The van der Waals surface area contributed by atoms with Crippen LogP contribution in [0.5, 0.6) is 0 Å². The minimum atomic E-state index is -0.225. The molecule has 0 aliphatic heterocycles. The zero-order valence-corrected chi connectivity index (χ0v) is 14.8. The van der Waals surface area contributed by atoms with E-state index in [0.29, 0.717) is 5.69 Å². The van der Waals surface area contributed by atoms with Crippen LogP contribution in [0.1, 0.15) is 19.4 Å². The van der Waals surface area contributed by atoms with Gasteiger partial charge in [0.15, 0.2) is 0 Å². The molecule has 0 aromatic heterocycles. The van der Waals surface area contributed by atoms with Crippen LogP contribution in [0.4, 0.5) is 11.4 Å². The van der Waals surface area contributed by atoms with Gasteiger partial charge in [-0.15, -0.1) is 0 Å². The van der Waals surface area contributed by atoms with Crippen molar-refractivity contribution in [2.45, 2.75) is 20.3 Å². The maximum Gasteiger partial charge on any atom is 0.244 e. The lowest BCUT2D eigenvalue weighted by molar-refractivity contribution is -0.120. The lowest BCUT2D eigenvalue weighted by Gasteiger charge is -2.22. The summed E-state index contributed by atoms with van der Waals surface area (Å²) >= 11 is 3.42. The first-order valence-corrected chi connectivity index (χ1v) is 8.22. The smallest absolute Gasteiger partial charge is 0.244 e. The number of nitrogens with zero attached hydrogens (tertiary/aromatic N) is 1. The number of anilines is 2. The molecule has 0 saturated carbocycles. The van der Waals surface area contributed by atoms with Crippen molar-refractivity contribution in [3.63, 3.8) is 0 Å². The summed E-state index contributed by atoms with van der Waals surface area (Å²) in [5, 5.41) is 2.89. The van der Waals surface area contributed by atoms with Crippen molar-refractivity contribution < 1.29 is 9.59 Å². The molecule has 2 rings (SSSR count). The summed E-state index contributed by atoms with van der Waals surface area (Å²) in [5.74, 6) is -0.410. The van der Waals surface area contributed by atoms with E-state index in [0.717, 1.165) is 22.1 Å². The maximum atomic E-state index is 12.4. The van der Waals surface area contributed by atoms with Gasteiger partial charge >= 0.3 is 0 Å². The van der Waals surface area contributed by atoms with E-state index in [2.05, 4.69) is 21.2 Å². The molecule has 0 radical (unpaired) electrons. The highest BCUT2D eigenvalue weighted by molar-refractivity contribution is 9.10. The molecule has 4 nitrogen and oxygen atoms in total. The van der Waals surface area contributed by atoms with Crippen LogP contribution < -0.4 is 10.2 Å². The number of carbonyl (C=O) groups excluding carboxylic acids is 2. The van der Waals surface area contributed by atoms with Gasteiger partial charge in [0.25, 0.3) is 0 Å². The van der Waals surface area contributed by atoms with Gasteiger partial charge in [-0.25, -0.2) is 0 Å². The SMILES string of the molecule is CCc1ccccc1NC(=O)CN(C(C)=O)c1ccccc1Br. The number of hydrogen-bond acceptors (Lipinski definition) is 2. The number of aryl methyl sites for hydroxylation is 1. The van der Waals surface area contributed by atoms with E-state index >= 15 is 0 Å². The summed E-state index contributed by atoms with van der Waals surface area (Å²) in [4.78, 5) is 25.7. The number of para-hydroxylation sites is 2. The van der Waals surface area contributed by atoms with Gasteiger partial charge in [0.05, 0.1) is 5.69 Å². The third-order valence-corrected chi connectivity index (χ3v) is 4.17. The first-order chi connectivity index (χ1) is 11.0. The second kappa shape index (κ2) is 7.92. The molecule has 0 saturated heterocycles. The van der Waals surface area contributed by atoms with Crippen molar-refractivity contribution >= 4 is 39.1 Å². The Hall–Kier alpha value is -2.14. The predicted molar refractivity (Wildman–Crippen MR) is 96.6 cm³/mol.